The number of carboxylic acids is 1. The van der Waals surface area contributed by atoms with Crippen LogP contribution < -0.4 is 4.90 Å². The third kappa shape index (κ3) is 4.53. The van der Waals surface area contributed by atoms with Crippen LogP contribution >= 0.6 is 11.6 Å². The van der Waals surface area contributed by atoms with Gasteiger partial charge in [0, 0.05) is 12.3 Å². The first-order chi connectivity index (χ1) is 10.4. The fraction of sp³-hybridized carbons (Fsp3) is 0.400. The molecule has 0 spiro atoms. The predicted molar refractivity (Wildman–Crippen MR) is 80.5 cm³/mol. The standard InChI is InChI=1S/C15H17ClFNO4/c1-2-10(15(21)22)13(19)9-18(14(20)7-8-16)12-6-4-3-5-11(12)17/h3-6,10H,2,7-9H2,1H3,(H,21,22). The Morgan fingerprint density at radius 3 is 2.45 bits per heavy atom. The molecule has 0 radical (unpaired) electrons. The quantitative estimate of drug-likeness (QED) is 0.587. The van der Waals surface area contributed by atoms with Crippen LogP contribution in [0.25, 0.3) is 0 Å². The summed E-state index contributed by atoms with van der Waals surface area (Å²) in [6.07, 6.45) is 0.0238. The Labute approximate surface area is 132 Å². The number of carbonyl (C=O) groups is 3. The fourth-order valence-electron chi connectivity index (χ4n) is 2.00. The number of benzene rings is 1. The second kappa shape index (κ2) is 8.48. The summed E-state index contributed by atoms with van der Waals surface area (Å²) in [5.74, 6) is -4.31. The largest absolute Gasteiger partial charge is 0.481 e. The number of para-hydroxylation sites is 1. The lowest BCUT2D eigenvalue weighted by atomic mass is 10.0. The number of anilines is 1. The van der Waals surface area contributed by atoms with Gasteiger partial charge in [-0.15, -0.1) is 11.6 Å². The highest BCUT2D eigenvalue weighted by molar-refractivity contribution is 6.19. The molecular weight excluding hydrogens is 313 g/mol. The molecule has 0 aromatic heterocycles. The number of rotatable bonds is 8. The van der Waals surface area contributed by atoms with Gasteiger partial charge in [0.1, 0.15) is 11.7 Å². The Morgan fingerprint density at radius 1 is 1.32 bits per heavy atom. The summed E-state index contributed by atoms with van der Waals surface area (Å²) < 4.78 is 13.9. The van der Waals surface area contributed by atoms with Crippen molar-refractivity contribution in [2.24, 2.45) is 5.92 Å². The molecule has 7 heteroatoms. The fourth-order valence-corrected chi connectivity index (χ4v) is 2.16. The number of carboxylic acid groups (broad SMARTS) is 1. The van der Waals surface area contributed by atoms with E-state index in [0.717, 1.165) is 11.0 Å². The lowest BCUT2D eigenvalue weighted by molar-refractivity contribution is -0.146. The van der Waals surface area contributed by atoms with Crippen molar-refractivity contribution < 1.29 is 23.9 Å². The molecule has 120 valence electrons. The third-order valence-corrected chi connectivity index (χ3v) is 3.35. The smallest absolute Gasteiger partial charge is 0.314 e. The van der Waals surface area contributed by atoms with E-state index in [4.69, 9.17) is 16.7 Å². The molecule has 0 saturated carbocycles. The van der Waals surface area contributed by atoms with Gasteiger partial charge in [-0.05, 0) is 18.6 Å². The zero-order valence-corrected chi connectivity index (χ0v) is 12.8. The van der Waals surface area contributed by atoms with E-state index in [1.165, 1.54) is 18.2 Å². The van der Waals surface area contributed by atoms with Crippen LogP contribution in [0.3, 0.4) is 0 Å². The summed E-state index contributed by atoms with van der Waals surface area (Å²) in [4.78, 5) is 36.2. The first kappa shape index (κ1) is 18.1. The van der Waals surface area contributed by atoms with Gasteiger partial charge in [0.05, 0.1) is 12.2 Å². The first-order valence-electron chi connectivity index (χ1n) is 6.78. The van der Waals surface area contributed by atoms with Gasteiger partial charge in [0.25, 0.3) is 0 Å². The van der Waals surface area contributed by atoms with Crippen LogP contribution in [0.15, 0.2) is 24.3 Å². The second-order valence-electron chi connectivity index (χ2n) is 4.64. The molecule has 0 heterocycles. The molecule has 1 atom stereocenters. The van der Waals surface area contributed by atoms with Crippen molar-refractivity contribution in [3.05, 3.63) is 30.1 Å². The maximum absolute atomic E-state index is 13.9. The predicted octanol–water partition coefficient (Wildman–Crippen LogP) is 2.47. The van der Waals surface area contributed by atoms with Crippen molar-refractivity contribution in [3.8, 4) is 0 Å². The maximum atomic E-state index is 13.9. The van der Waals surface area contributed by atoms with E-state index in [0.29, 0.717) is 0 Å². The number of halogens is 2. The minimum atomic E-state index is -1.26. The van der Waals surface area contributed by atoms with Crippen LogP contribution in [0.1, 0.15) is 19.8 Å². The zero-order valence-electron chi connectivity index (χ0n) is 12.1. The summed E-state index contributed by atoms with van der Waals surface area (Å²) in [6.45, 7) is 1.06. The molecule has 1 N–H and O–H groups in total. The van der Waals surface area contributed by atoms with Crippen LogP contribution in [0.2, 0.25) is 0 Å². The first-order valence-corrected chi connectivity index (χ1v) is 7.32. The van der Waals surface area contributed by atoms with Gasteiger partial charge in [-0.3, -0.25) is 14.4 Å². The second-order valence-corrected chi connectivity index (χ2v) is 5.01. The van der Waals surface area contributed by atoms with E-state index < -0.39 is 35.9 Å². The number of hydrogen-bond donors (Lipinski definition) is 1. The van der Waals surface area contributed by atoms with Crippen LogP contribution in [0.5, 0.6) is 0 Å². The molecule has 0 aliphatic rings. The number of Topliss-reactive ketones (excluding diaryl/α,β-unsaturated/α-hetero) is 1. The topological polar surface area (TPSA) is 74.7 Å². The lowest BCUT2D eigenvalue weighted by Gasteiger charge is -2.23. The Bertz CT molecular complexity index is 564. The van der Waals surface area contributed by atoms with Crippen LogP contribution in [0, 0.1) is 11.7 Å². The molecule has 5 nitrogen and oxygen atoms in total. The van der Waals surface area contributed by atoms with Crippen LogP contribution in [-0.4, -0.2) is 35.2 Å². The van der Waals surface area contributed by atoms with E-state index in [2.05, 4.69) is 0 Å². The summed E-state index contributed by atoms with van der Waals surface area (Å²) in [5.41, 5.74) is -0.0637. The monoisotopic (exact) mass is 329 g/mol. The Balaban J connectivity index is 3.07. The number of amides is 1. The molecule has 0 bridgehead atoms. The number of aliphatic carboxylic acids is 1. The average molecular weight is 330 g/mol. The molecule has 0 aliphatic carbocycles. The van der Waals surface area contributed by atoms with Gasteiger partial charge in [-0.2, -0.15) is 0 Å². The van der Waals surface area contributed by atoms with Crippen molar-refractivity contribution >= 4 is 34.9 Å². The Kier molecular flexibility index (Phi) is 6.98. The average Bonchev–Trinajstić information content (AvgIpc) is 2.46. The van der Waals surface area contributed by atoms with Gasteiger partial charge in [0.2, 0.25) is 5.91 Å². The Morgan fingerprint density at radius 2 is 1.95 bits per heavy atom. The molecule has 0 fully saturated rings. The van der Waals surface area contributed by atoms with E-state index in [1.54, 1.807) is 6.92 Å². The van der Waals surface area contributed by atoms with E-state index in [1.807, 2.05) is 0 Å². The molecule has 1 aromatic rings. The van der Waals surface area contributed by atoms with Crippen molar-refractivity contribution in [2.45, 2.75) is 19.8 Å². The number of ketones is 1. The molecule has 1 aromatic carbocycles. The molecular formula is C15H17ClFNO4. The summed E-state index contributed by atoms with van der Waals surface area (Å²) in [5, 5.41) is 9.00. The molecule has 1 amide bonds. The Hall–Kier alpha value is -1.95. The van der Waals surface area contributed by atoms with Crippen molar-refractivity contribution in [2.75, 3.05) is 17.3 Å². The summed E-state index contributed by atoms with van der Waals surface area (Å²) in [6, 6.07) is 5.50. The van der Waals surface area contributed by atoms with E-state index in [-0.39, 0.29) is 24.4 Å². The normalized spacial score (nSPS) is 11.8. The molecule has 1 rings (SSSR count). The van der Waals surface area contributed by atoms with Gasteiger partial charge in [-0.25, -0.2) is 4.39 Å². The van der Waals surface area contributed by atoms with Gasteiger partial charge in [0.15, 0.2) is 5.78 Å². The minimum absolute atomic E-state index is 0.0219. The SMILES string of the molecule is CCC(C(=O)O)C(=O)CN(C(=O)CCCl)c1ccccc1F. The zero-order chi connectivity index (χ0) is 16.7. The van der Waals surface area contributed by atoms with Crippen molar-refractivity contribution in [1.82, 2.24) is 0 Å². The van der Waals surface area contributed by atoms with Crippen LogP contribution in [0.4, 0.5) is 10.1 Å². The van der Waals surface area contributed by atoms with Crippen molar-refractivity contribution in [1.29, 1.82) is 0 Å². The highest BCUT2D eigenvalue weighted by Crippen LogP contribution is 2.20. The highest BCUT2D eigenvalue weighted by Gasteiger charge is 2.29. The highest BCUT2D eigenvalue weighted by atomic mass is 35.5. The molecule has 0 aliphatic heterocycles. The van der Waals surface area contributed by atoms with Gasteiger partial charge < -0.3 is 10.0 Å². The van der Waals surface area contributed by atoms with Crippen LogP contribution in [-0.2, 0) is 14.4 Å². The third-order valence-electron chi connectivity index (χ3n) is 3.16. The van der Waals surface area contributed by atoms with Crippen molar-refractivity contribution in [3.63, 3.8) is 0 Å². The van der Waals surface area contributed by atoms with Gasteiger partial charge in [-0.1, -0.05) is 19.1 Å². The minimum Gasteiger partial charge on any atom is -0.481 e. The number of alkyl halides is 1. The molecule has 0 saturated heterocycles. The molecule has 22 heavy (non-hydrogen) atoms. The number of nitrogens with zero attached hydrogens (tertiary/aromatic N) is 1. The summed E-state index contributed by atoms with van der Waals surface area (Å²) >= 11 is 5.52. The lowest BCUT2D eigenvalue weighted by Crippen LogP contribution is -2.40. The van der Waals surface area contributed by atoms with E-state index in [9.17, 15) is 18.8 Å². The summed E-state index contributed by atoms with van der Waals surface area (Å²) in [7, 11) is 0. The van der Waals surface area contributed by atoms with E-state index >= 15 is 0 Å². The number of hydrogen-bond acceptors (Lipinski definition) is 3. The molecule has 1 unspecified atom stereocenters. The van der Waals surface area contributed by atoms with Gasteiger partial charge >= 0.3 is 5.97 Å². The number of carbonyl (C=O) groups excluding carboxylic acids is 2. The maximum Gasteiger partial charge on any atom is 0.314 e.